The fraction of sp³-hybridized carbons (Fsp3) is 0.400. The molecule has 0 aliphatic rings. The summed E-state index contributed by atoms with van der Waals surface area (Å²) in [5, 5.41) is 4.47. The van der Waals surface area contributed by atoms with Gasteiger partial charge in [0.1, 0.15) is 10.4 Å². The van der Waals surface area contributed by atoms with Crippen molar-refractivity contribution in [2.45, 2.75) is 6.42 Å². The fourth-order valence-corrected chi connectivity index (χ4v) is 2.02. The number of halogens is 1. The summed E-state index contributed by atoms with van der Waals surface area (Å²) in [6, 6.07) is 3.90. The standard InChI is InChI=1S/C10H14BrN5/c1-15(2)9-4-3-8-13-7(5-6-12)10(11)16(8)14-9/h3-4H,5-6,12H2,1-2H3. The summed E-state index contributed by atoms with van der Waals surface area (Å²) in [6.45, 7) is 0.586. The number of aromatic nitrogens is 3. The molecule has 0 radical (unpaired) electrons. The second kappa shape index (κ2) is 4.39. The van der Waals surface area contributed by atoms with Crippen molar-refractivity contribution in [1.29, 1.82) is 0 Å². The summed E-state index contributed by atoms with van der Waals surface area (Å²) in [4.78, 5) is 6.41. The van der Waals surface area contributed by atoms with Crippen molar-refractivity contribution in [3.05, 3.63) is 22.4 Å². The van der Waals surface area contributed by atoms with Gasteiger partial charge in [-0.25, -0.2) is 9.50 Å². The molecule has 0 saturated carbocycles. The Balaban J connectivity index is 2.55. The molecule has 2 aromatic rings. The molecule has 16 heavy (non-hydrogen) atoms. The molecular formula is C10H14BrN5. The fourth-order valence-electron chi connectivity index (χ4n) is 1.48. The van der Waals surface area contributed by atoms with Crippen molar-refractivity contribution in [2.24, 2.45) is 5.73 Å². The molecule has 2 N–H and O–H groups in total. The molecule has 0 fully saturated rings. The smallest absolute Gasteiger partial charge is 0.155 e. The second-order valence-electron chi connectivity index (χ2n) is 3.74. The van der Waals surface area contributed by atoms with Crippen molar-refractivity contribution < 1.29 is 0 Å². The SMILES string of the molecule is CN(C)c1ccc2nc(CCN)c(Br)n2n1. The van der Waals surface area contributed by atoms with E-state index < -0.39 is 0 Å². The van der Waals surface area contributed by atoms with Crippen LogP contribution in [0.1, 0.15) is 5.69 Å². The van der Waals surface area contributed by atoms with Crippen LogP contribution in [0.3, 0.4) is 0 Å². The first-order valence-corrected chi connectivity index (χ1v) is 5.84. The van der Waals surface area contributed by atoms with Gasteiger partial charge in [-0.1, -0.05) is 0 Å². The molecule has 2 aromatic heterocycles. The summed E-state index contributed by atoms with van der Waals surface area (Å²) in [7, 11) is 3.92. The lowest BCUT2D eigenvalue weighted by Crippen LogP contribution is -2.12. The predicted molar refractivity (Wildman–Crippen MR) is 67.8 cm³/mol. The average Bonchev–Trinajstić information content (AvgIpc) is 2.56. The number of hydrogen-bond acceptors (Lipinski definition) is 4. The van der Waals surface area contributed by atoms with Gasteiger partial charge in [-0.3, -0.25) is 0 Å². The molecule has 0 bridgehead atoms. The Hall–Kier alpha value is -1.14. The molecular weight excluding hydrogens is 270 g/mol. The molecule has 0 aliphatic carbocycles. The van der Waals surface area contributed by atoms with Gasteiger partial charge >= 0.3 is 0 Å². The monoisotopic (exact) mass is 283 g/mol. The number of anilines is 1. The molecule has 0 saturated heterocycles. The van der Waals surface area contributed by atoms with Gasteiger partial charge in [0.2, 0.25) is 0 Å². The van der Waals surface area contributed by atoms with Gasteiger partial charge in [0.05, 0.1) is 5.69 Å². The highest BCUT2D eigenvalue weighted by atomic mass is 79.9. The van der Waals surface area contributed by atoms with Crippen LogP contribution in [0.4, 0.5) is 5.82 Å². The van der Waals surface area contributed by atoms with Crippen LogP contribution >= 0.6 is 15.9 Å². The van der Waals surface area contributed by atoms with E-state index >= 15 is 0 Å². The zero-order valence-electron chi connectivity index (χ0n) is 9.31. The maximum Gasteiger partial charge on any atom is 0.155 e. The minimum atomic E-state index is 0.586. The van der Waals surface area contributed by atoms with E-state index in [9.17, 15) is 0 Å². The van der Waals surface area contributed by atoms with E-state index in [1.165, 1.54) is 0 Å². The number of nitrogens with two attached hydrogens (primary N) is 1. The van der Waals surface area contributed by atoms with Crippen LogP contribution < -0.4 is 10.6 Å². The summed E-state index contributed by atoms with van der Waals surface area (Å²) in [6.07, 6.45) is 0.751. The largest absolute Gasteiger partial charge is 0.361 e. The number of fused-ring (bicyclic) bond motifs is 1. The molecule has 0 atom stereocenters. The highest BCUT2D eigenvalue weighted by molar-refractivity contribution is 9.10. The van der Waals surface area contributed by atoms with Gasteiger partial charge in [0.15, 0.2) is 5.65 Å². The Morgan fingerprint density at radius 3 is 2.81 bits per heavy atom. The van der Waals surface area contributed by atoms with E-state index in [0.29, 0.717) is 6.54 Å². The minimum absolute atomic E-state index is 0.586. The molecule has 86 valence electrons. The lowest BCUT2D eigenvalue weighted by Gasteiger charge is -2.10. The summed E-state index contributed by atoms with van der Waals surface area (Å²) >= 11 is 3.50. The molecule has 0 amide bonds. The van der Waals surface area contributed by atoms with Gasteiger partial charge in [-0.05, 0) is 34.6 Å². The highest BCUT2D eigenvalue weighted by Gasteiger charge is 2.10. The van der Waals surface area contributed by atoms with Gasteiger partial charge in [-0.2, -0.15) is 0 Å². The molecule has 6 heteroatoms. The van der Waals surface area contributed by atoms with E-state index in [2.05, 4.69) is 26.0 Å². The van der Waals surface area contributed by atoms with Crippen LogP contribution in [0.25, 0.3) is 5.65 Å². The lowest BCUT2D eigenvalue weighted by molar-refractivity contribution is 0.873. The molecule has 0 spiro atoms. The number of imidazole rings is 1. The van der Waals surface area contributed by atoms with Crippen LogP contribution in [0.5, 0.6) is 0 Å². The predicted octanol–water partition coefficient (Wildman–Crippen LogP) is 1.06. The Morgan fingerprint density at radius 2 is 2.19 bits per heavy atom. The van der Waals surface area contributed by atoms with E-state index in [1.807, 2.05) is 31.1 Å². The first-order valence-electron chi connectivity index (χ1n) is 5.05. The van der Waals surface area contributed by atoms with Crippen molar-refractivity contribution in [1.82, 2.24) is 14.6 Å². The maximum absolute atomic E-state index is 5.53. The maximum atomic E-state index is 5.53. The molecule has 0 aliphatic heterocycles. The van der Waals surface area contributed by atoms with E-state index in [0.717, 1.165) is 28.2 Å². The van der Waals surface area contributed by atoms with Gasteiger partial charge in [-0.15, -0.1) is 5.10 Å². The molecule has 2 heterocycles. The lowest BCUT2D eigenvalue weighted by atomic mass is 10.3. The quantitative estimate of drug-likeness (QED) is 0.915. The van der Waals surface area contributed by atoms with Crippen LogP contribution in [0.15, 0.2) is 16.7 Å². The van der Waals surface area contributed by atoms with Crippen molar-refractivity contribution in [3.8, 4) is 0 Å². The van der Waals surface area contributed by atoms with Crippen molar-refractivity contribution >= 4 is 27.4 Å². The Bertz CT molecular complexity index is 505. The summed E-state index contributed by atoms with van der Waals surface area (Å²) in [5.74, 6) is 0.893. The molecule has 0 aromatic carbocycles. The van der Waals surface area contributed by atoms with E-state index in [1.54, 1.807) is 4.52 Å². The number of nitrogens with zero attached hydrogens (tertiary/aromatic N) is 4. The third-order valence-electron chi connectivity index (χ3n) is 2.31. The molecule has 0 unspecified atom stereocenters. The Morgan fingerprint density at radius 1 is 1.44 bits per heavy atom. The first-order chi connectivity index (χ1) is 7.63. The zero-order valence-corrected chi connectivity index (χ0v) is 10.9. The van der Waals surface area contributed by atoms with E-state index in [4.69, 9.17) is 5.73 Å². The topological polar surface area (TPSA) is 59.5 Å². The third-order valence-corrected chi connectivity index (χ3v) is 3.11. The molecule has 2 rings (SSSR count). The van der Waals surface area contributed by atoms with Crippen LogP contribution in [-0.2, 0) is 6.42 Å². The van der Waals surface area contributed by atoms with Crippen molar-refractivity contribution in [2.75, 3.05) is 25.5 Å². The summed E-state index contributed by atoms with van der Waals surface area (Å²) < 4.78 is 2.68. The van der Waals surface area contributed by atoms with Crippen LogP contribution in [0, 0.1) is 0 Å². The van der Waals surface area contributed by atoms with Crippen LogP contribution in [-0.4, -0.2) is 35.2 Å². The normalized spacial score (nSPS) is 11.0. The summed E-state index contributed by atoms with van der Waals surface area (Å²) in [5.41, 5.74) is 7.31. The molecule has 5 nitrogen and oxygen atoms in total. The van der Waals surface area contributed by atoms with Crippen molar-refractivity contribution in [3.63, 3.8) is 0 Å². The average molecular weight is 284 g/mol. The first kappa shape index (κ1) is 11.3. The Kier molecular flexibility index (Phi) is 3.11. The minimum Gasteiger partial charge on any atom is -0.361 e. The van der Waals surface area contributed by atoms with E-state index in [-0.39, 0.29) is 0 Å². The number of hydrogen-bond donors (Lipinski definition) is 1. The Labute approximate surface area is 102 Å². The number of rotatable bonds is 3. The zero-order chi connectivity index (χ0) is 11.7. The third kappa shape index (κ3) is 1.90. The van der Waals surface area contributed by atoms with Gasteiger partial charge in [0, 0.05) is 20.5 Å². The van der Waals surface area contributed by atoms with Crippen LogP contribution in [0.2, 0.25) is 0 Å². The highest BCUT2D eigenvalue weighted by Crippen LogP contribution is 2.19. The van der Waals surface area contributed by atoms with Gasteiger partial charge < -0.3 is 10.6 Å². The van der Waals surface area contributed by atoms with Gasteiger partial charge in [0.25, 0.3) is 0 Å². The second-order valence-corrected chi connectivity index (χ2v) is 4.50.